The monoisotopic (exact) mass is 359 g/mol. The van der Waals surface area contributed by atoms with Crippen LogP contribution in [0.1, 0.15) is 36.4 Å². The Labute approximate surface area is 149 Å². The van der Waals surface area contributed by atoms with Gasteiger partial charge in [0.1, 0.15) is 11.2 Å². The summed E-state index contributed by atoms with van der Waals surface area (Å²) in [6.07, 6.45) is 2.72. The molecular formula is C19H18ClNO2S. The van der Waals surface area contributed by atoms with Crippen molar-refractivity contribution in [1.29, 1.82) is 0 Å². The summed E-state index contributed by atoms with van der Waals surface area (Å²) in [7, 11) is 0. The Hall–Kier alpha value is -1.65. The van der Waals surface area contributed by atoms with Gasteiger partial charge in [0.15, 0.2) is 0 Å². The van der Waals surface area contributed by atoms with Crippen molar-refractivity contribution in [1.82, 2.24) is 5.32 Å². The molecular weight excluding hydrogens is 342 g/mol. The van der Waals surface area contributed by atoms with Gasteiger partial charge in [0.2, 0.25) is 0 Å². The van der Waals surface area contributed by atoms with Gasteiger partial charge in [0, 0.05) is 21.4 Å². The molecule has 2 aromatic rings. The van der Waals surface area contributed by atoms with Crippen LogP contribution in [0.25, 0.3) is 10.1 Å². The first-order valence-corrected chi connectivity index (χ1v) is 9.29. The molecule has 3 nitrogen and oxygen atoms in total. The van der Waals surface area contributed by atoms with Crippen molar-refractivity contribution in [2.75, 3.05) is 0 Å². The number of nitrogens with one attached hydrogen (secondary N) is 1. The zero-order chi connectivity index (χ0) is 17.1. The van der Waals surface area contributed by atoms with Gasteiger partial charge in [-0.25, -0.2) is 0 Å². The van der Waals surface area contributed by atoms with Crippen LogP contribution in [0, 0.1) is 17.3 Å². The van der Waals surface area contributed by atoms with Gasteiger partial charge < -0.3 is 5.32 Å². The van der Waals surface area contributed by atoms with Crippen LogP contribution >= 0.6 is 22.9 Å². The minimum absolute atomic E-state index is 0.153. The molecule has 5 heteroatoms. The summed E-state index contributed by atoms with van der Waals surface area (Å²) >= 11 is 7.77. The summed E-state index contributed by atoms with van der Waals surface area (Å²) in [5, 5.41) is 4.36. The Bertz CT molecular complexity index is 896. The molecule has 0 radical (unpaired) electrons. The largest absolute Gasteiger partial charge is 0.325 e. The first kappa shape index (κ1) is 15.9. The average molecular weight is 360 g/mol. The Morgan fingerprint density at radius 1 is 1.38 bits per heavy atom. The lowest BCUT2D eigenvalue weighted by Gasteiger charge is -2.56. The van der Waals surface area contributed by atoms with Crippen LogP contribution in [0.2, 0.25) is 5.02 Å². The molecule has 1 fully saturated rings. The molecule has 3 aliphatic rings. The van der Waals surface area contributed by atoms with E-state index in [4.69, 9.17) is 11.6 Å². The number of hydrogen-bond acceptors (Lipinski definition) is 3. The van der Waals surface area contributed by atoms with Crippen LogP contribution in [-0.4, -0.2) is 12.2 Å². The SMILES string of the molecule is CC1(C)[C@@H]2CC(NC(=O)c3sc4ccccc4c3Cl)=C(C=O)[C@H]1C2. The Morgan fingerprint density at radius 2 is 2.12 bits per heavy atom. The smallest absolute Gasteiger partial charge is 0.267 e. The van der Waals surface area contributed by atoms with Crippen LogP contribution in [0.15, 0.2) is 35.5 Å². The lowest BCUT2D eigenvalue weighted by Crippen LogP contribution is -2.51. The second-order valence-corrected chi connectivity index (χ2v) is 8.69. The van der Waals surface area contributed by atoms with Gasteiger partial charge in [-0.05, 0) is 36.2 Å². The fourth-order valence-electron chi connectivity index (χ4n) is 4.10. The van der Waals surface area contributed by atoms with E-state index in [2.05, 4.69) is 19.2 Å². The minimum atomic E-state index is -0.213. The number of benzene rings is 1. The molecule has 1 aromatic carbocycles. The van der Waals surface area contributed by atoms with E-state index in [9.17, 15) is 9.59 Å². The summed E-state index contributed by atoms with van der Waals surface area (Å²) in [6, 6.07) is 7.71. The first-order chi connectivity index (χ1) is 11.4. The summed E-state index contributed by atoms with van der Waals surface area (Å²) < 4.78 is 0.991. The maximum atomic E-state index is 12.7. The zero-order valence-corrected chi connectivity index (χ0v) is 15.1. The van der Waals surface area contributed by atoms with Gasteiger partial charge in [-0.1, -0.05) is 43.6 Å². The highest BCUT2D eigenvalue weighted by atomic mass is 35.5. The van der Waals surface area contributed by atoms with Gasteiger partial charge in [-0.2, -0.15) is 0 Å². The number of carbonyl (C=O) groups is 2. The van der Waals surface area contributed by atoms with Gasteiger partial charge in [-0.3, -0.25) is 9.59 Å². The number of fused-ring (bicyclic) bond motifs is 2. The third-order valence-corrected chi connectivity index (χ3v) is 7.45. The van der Waals surface area contributed by atoms with Crippen molar-refractivity contribution in [3.8, 4) is 0 Å². The van der Waals surface area contributed by atoms with Gasteiger partial charge in [0.05, 0.1) is 5.02 Å². The van der Waals surface area contributed by atoms with Crippen molar-refractivity contribution in [3.05, 3.63) is 45.4 Å². The molecule has 5 rings (SSSR count). The van der Waals surface area contributed by atoms with Gasteiger partial charge >= 0.3 is 0 Å². The number of halogens is 1. The molecule has 24 heavy (non-hydrogen) atoms. The van der Waals surface area contributed by atoms with E-state index in [1.165, 1.54) is 11.3 Å². The van der Waals surface area contributed by atoms with Crippen LogP contribution in [-0.2, 0) is 4.79 Å². The van der Waals surface area contributed by atoms with Crippen molar-refractivity contribution in [3.63, 3.8) is 0 Å². The quantitative estimate of drug-likeness (QED) is 0.800. The van der Waals surface area contributed by atoms with E-state index in [0.29, 0.717) is 15.8 Å². The fourth-order valence-corrected chi connectivity index (χ4v) is 5.51. The topological polar surface area (TPSA) is 46.2 Å². The van der Waals surface area contributed by atoms with Crippen LogP contribution in [0.5, 0.6) is 0 Å². The number of hydrogen-bond donors (Lipinski definition) is 1. The van der Waals surface area contributed by atoms with E-state index in [1.54, 1.807) is 0 Å². The van der Waals surface area contributed by atoms with E-state index in [-0.39, 0.29) is 17.2 Å². The predicted molar refractivity (Wildman–Crippen MR) is 97.4 cm³/mol. The standard InChI is InChI=1S/C19H18ClNO2S/c1-19(2)10-7-13(19)12(9-22)14(8-10)21-18(23)17-16(20)11-5-3-4-6-15(11)24-17/h3-6,9-10,13H,7-8H2,1-2H3,(H,21,23)/t10-,13+/m0/s1. The van der Waals surface area contributed by atoms with Crippen molar-refractivity contribution < 1.29 is 9.59 Å². The van der Waals surface area contributed by atoms with Gasteiger partial charge in [-0.15, -0.1) is 11.3 Å². The third kappa shape index (κ3) is 2.16. The molecule has 1 aromatic heterocycles. The normalized spacial score (nSPS) is 24.6. The van der Waals surface area contributed by atoms with Crippen LogP contribution in [0.4, 0.5) is 0 Å². The number of carbonyl (C=O) groups excluding carboxylic acids is 2. The summed E-state index contributed by atoms with van der Waals surface area (Å²) in [4.78, 5) is 24.8. The lowest BCUT2D eigenvalue weighted by atomic mass is 9.48. The summed E-state index contributed by atoms with van der Waals surface area (Å²) in [5.41, 5.74) is 1.69. The third-order valence-electron chi connectivity index (χ3n) is 5.78. The van der Waals surface area contributed by atoms with Crippen molar-refractivity contribution in [2.45, 2.75) is 26.7 Å². The van der Waals surface area contributed by atoms with Crippen LogP contribution in [0.3, 0.4) is 0 Å². The van der Waals surface area contributed by atoms with Gasteiger partial charge in [0.25, 0.3) is 5.91 Å². The fraction of sp³-hybridized carbons (Fsp3) is 0.368. The highest BCUT2D eigenvalue weighted by molar-refractivity contribution is 7.21. The van der Waals surface area contributed by atoms with E-state index < -0.39 is 0 Å². The number of amides is 1. The number of aldehydes is 1. The molecule has 1 amide bonds. The molecule has 3 aliphatic carbocycles. The highest BCUT2D eigenvalue weighted by Crippen LogP contribution is 2.60. The minimum Gasteiger partial charge on any atom is -0.325 e. The number of allylic oxidation sites excluding steroid dienone is 2. The van der Waals surface area contributed by atoms with E-state index in [0.717, 1.165) is 40.5 Å². The zero-order valence-electron chi connectivity index (χ0n) is 13.6. The molecule has 1 N–H and O–H groups in total. The van der Waals surface area contributed by atoms with E-state index >= 15 is 0 Å². The second kappa shape index (κ2) is 5.43. The number of rotatable bonds is 3. The maximum absolute atomic E-state index is 12.7. The Morgan fingerprint density at radius 3 is 2.79 bits per heavy atom. The van der Waals surface area contributed by atoms with Crippen LogP contribution < -0.4 is 5.32 Å². The van der Waals surface area contributed by atoms with Crippen molar-refractivity contribution in [2.24, 2.45) is 17.3 Å². The summed E-state index contributed by atoms with van der Waals surface area (Å²) in [6.45, 7) is 4.41. The highest BCUT2D eigenvalue weighted by Gasteiger charge is 2.53. The molecule has 2 bridgehead atoms. The second-order valence-electron chi connectivity index (χ2n) is 7.26. The van der Waals surface area contributed by atoms with Crippen molar-refractivity contribution >= 4 is 45.2 Å². The Kier molecular flexibility index (Phi) is 3.59. The molecule has 1 saturated carbocycles. The molecule has 0 saturated heterocycles. The molecule has 0 spiro atoms. The molecule has 0 unspecified atom stereocenters. The number of thiophene rings is 1. The molecule has 124 valence electrons. The Balaban J connectivity index is 1.66. The molecule has 2 atom stereocenters. The predicted octanol–water partition coefficient (Wildman–Crippen LogP) is 4.80. The molecule has 0 aliphatic heterocycles. The average Bonchev–Trinajstić information content (AvgIpc) is 2.92. The van der Waals surface area contributed by atoms with E-state index in [1.807, 2.05) is 24.3 Å². The summed E-state index contributed by atoms with van der Waals surface area (Å²) in [5.74, 6) is 0.566. The maximum Gasteiger partial charge on any atom is 0.267 e. The lowest BCUT2D eigenvalue weighted by molar-refractivity contribution is -0.108. The first-order valence-electron chi connectivity index (χ1n) is 8.10. The molecule has 1 heterocycles.